The van der Waals surface area contributed by atoms with Crippen LogP contribution in [0.4, 0.5) is 0 Å². The molecule has 1 N–H and O–H groups in total. The van der Waals surface area contributed by atoms with Crippen molar-refractivity contribution in [2.24, 2.45) is 5.41 Å². The zero-order valence-electron chi connectivity index (χ0n) is 13.9. The SMILES string of the molecule is COc1ccc(Cc2nnnn2CC(=O)O)cc1CC(C)(C)C. The molecule has 23 heavy (non-hydrogen) atoms. The van der Waals surface area contributed by atoms with Crippen LogP contribution in [0.2, 0.25) is 0 Å². The molecule has 0 saturated carbocycles. The molecule has 0 aliphatic rings. The summed E-state index contributed by atoms with van der Waals surface area (Å²) >= 11 is 0. The molecule has 0 aliphatic heterocycles. The van der Waals surface area contributed by atoms with Crippen LogP contribution in [0.3, 0.4) is 0 Å². The number of tetrazole rings is 1. The van der Waals surface area contributed by atoms with Crippen LogP contribution >= 0.6 is 0 Å². The fraction of sp³-hybridized carbons (Fsp3) is 0.500. The van der Waals surface area contributed by atoms with Gasteiger partial charge in [-0.2, -0.15) is 0 Å². The number of carboxylic acid groups (broad SMARTS) is 1. The van der Waals surface area contributed by atoms with Crippen LogP contribution < -0.4 is 4.74 Å². The molecule has 0 radical (unpaired) electrons. The Labute approximate surface area is 135 Å². The van der Waals surface area contributed by atoms with Crippen LogP contribution in [0.5, 0.6) is 5.75 Å². The van der Waals surface area contributed by atoms with Crippen LogP contribution in [0.15, 0.2) is 18.2 Å². The van der Waals surface area contributed by atoms with Crippen molar-refractivity contribution in [2.75, 3.05) is 7.11 Å². The van der Waals surface area contributed by atoms with Gasteiger partial charge in [0.25, 0.3) is 0 Å². The van der Waals surface area contributed by atoms with Gasteiger partial charge in [-0.1, -0.05) is 32.9 Å². The molecule has 2 aromatic rings. The minimum Gasteiger partial charge on any atom is -0.496 e. The molecular formula is C16H22N4O3. The van der Waals surface area contributed by atoms with E-state index in [1.807, 2.05) is 12.1 Å². The van der Waals surface area contributed by atoms with Crippen LogP contribution in [-0.4, -0.2) is 38.4 Å². The lowest BCUT2D eigenvalue weighted by Crippen LogP contribution is -2.14. The first-order chi connectivity index (χ1) is 10.8. The molecule has 0 spiro atoms. The van der Waals surface area contributed by atoms with Gasteiger partial charge in [0.1, 0.15) is 12.3 Å². The van der Waals surface area contributed by atoms with Gasteiger partial charge in [0.2, 0.25) is 0 Å². The van der Waals surface area contributed by atoms with E-state index in [1.54, 1.807) is 7.11 Å². The van der Waals surface area contributed by atoms with Crippen LogP contribution in [-0.2, 0) is 24.2 Å². The van der Waals surface area contributed by atoms with Crippen molar-refractivity contribution >= 4 is 5.97 Å². The number of carboxylic acids is 1. The van der Waals surface area contributed by atoms with E-state index in [9.17, 15) is 4.79 Å². The average molecular weight is 318 g/mol. The van der Waals surface area contributed by atoms with Gasteiger partial charge in [0.15, 0.2) is 5.82 Å². The average Bonchev–Trinajstić information content (AvgIpc) is 2.84. The Morgan fingerprint density at radius 3 is 2.70 bits per heavy atom. The molecule has 1 heterocycles. The monoisotopic (exact) mass is 318 g/mol. The van der Waals surface area contributed by atoms with E-state index < -0.39 is 5.97 Å². The largest absolute Gasteiger partial charge is 0.496 e. The van der Waals surface area contributed by atoms with Crippen LogP contribution in [0.1, 0.15) is 37.7 Å². The first-order valence-corrected chi connectivity index (χ1v) is 7.41. The lowest BCUT2D eigenvalue weighted by molar-refractivity contribution is -0.138. The molecule has 1 aromatic heterocycles. The zero-order chi connectivity index (χ0) is 17.0. The van der Waals surface area contributed by atoms with E-state index in [2.05, 4.69) is 42.4 Å². The number of aliphatic carboxylic acids is 1. The Bertz CT molecular complexity index is 689. The predicted molar refractivity (Wildman–Crippen MR) is 84.4 cm³/mol. The highest BCUT2D eigenvalue weighted by Crippen LogP contribution is 2.28. The highest BCUT2D eigenvalue weighted by atomic mass is 16.5. The molecule has 0 aliphatic carbocycles. The third kappa shape index (κ3) is 4.77. The Morgan fingerprint density at radius 2 is 2.09 bits per heavy atom. The number of carbonyl (C=O) groups is 1. The van der Waals surface area contributed by atoms with Crippen molar-refractivity contribution in [3.63, 3.8) is 0 Å². The molecule has 2 rings (SSSR count). The van der Waals surface area contributed by atoms with Gasteiger partial charge in [-0.05, 0) is 39.5 Å². The minimum atomic E-state index is -0.971. The summed E-state index contributed by atoms with van der Waals surface area (Å²) in [7, 11) is 1.66. The Hall–Kier alpha value is -2.44. The number of aromatic nitrogens is 4. The van der Waals surface area contributed by atoms with Crippen molar-refractivity contribution in [3.8, 4) is 5.75 Å². The van der Waals surface area contributed by atoms with E-state index in [0.29, 0.717) is 12.2 Å². The predicted octanol–water partition coefficient (Wildman–Crippen LogP) is 1.95. The molecule has 7 nitrogen and oxygen atoms in total. The van der Waals surface area contributed by atoms with Crippen molar-refractivity contribution < 1.29 is 14.6 Å². The number of nitrogens with zero attached hydrogens (tertiary/aromatic N) is 4. The van der Waals surface area contributed by atoms with Crippen molar-refractivity contribution in [3.05, 3.63) is 35.2 Å². The van der Waals surface area contributed by atoms with Gasteiger partial charge in [0, 0.05) is 6.42 Å². The van der Waals surface area contributed by atoms with Crippen LogP contribution in [0, 0.1) is 5.41 Å². The fourth-order valence-corrected chi connectivity index (χ4v) is 2.43. The number of hydrogen-bond acceptors (Lipinski definition) is 5. The standard InChI is InChI=1S/C16H22N4O3/c1-16(2,3)9-12-7-11(5-6-13(12)23-4)8-14-17-18-19-20(14)10-15(21)22/h5-7H,8-10H2,1-4H3,(H,21,22). The fourth-order valence-electron chi connectivity index (χ4n) is 2.43. The Balaban J connectivity index is 2.25. The summed E-state index contributed by atoms with van der Waals surface area (Å²) < 4.78 is 6.74. The second-order valence-corrected chi connectivity index (χ2v) is 6.71. The maximum Gasteiger partial charge on any atom is 0.325 e. The maximum atomic E-state index is 10.8. The summed E-state index contributed by atoms with van der Waals surface area (Å²) in [4.78, 5) is 10.8. The first kappa shape index (κ1) is 16.9. The molecule has 0 unspecified atom stereocenters. The van der Waals surface area contributed by atoms with Crippen molar-refractivity contribution in [1.29, 1.82) is 0 Å². The third-order valence-corrected chi connectivity index (χ3v) is 3.32. The molecule has 1 aromatic carbocycles. The van der Waals surface area contributed by atoms with E-state index >= 15 is 0 Å². The van der Waals surface area contributed by atoms with Crippen molar-refractivity contribution in [1.82, 2.24) is 20.2 Å². The second-order valence-electron chi connectivity index (χ2n) is 6.71. The highest BCUT2D eigenvalue weighted by Gasteiger charge is 2.16. The smallest absolute Gasteiger partial charge is 0.325 e. The quantitative estimate of drug-likeness (QED) is 0.875. The van der Waals surface area contributed by atoms with Gasteiger partial charge in [0.05, 0.1) is 7.11 Å². The van der Waals surface area contributed by atoms with E-state index in [1.165, 1.54) is 4.68 Å². The Morgan fingerprint density at radius 1 is 1.35 bits per heavy atom. The van der Waals surface area contributed by atoms with Gasteiger partial charge in [-0.3, -0.25) is 4.79 Å². The summed E-state index contributed by atoms with van der Waals surface area (Å²) in [5.74, 6) is 0.412. The number of hydrogen-bond donors (Lipinski definition) is 1. The van der Waals surface area contributed by atoms with E-state index in [-0.39, 0.29) is 12.0 Å². The van der Waals surface area contributed by atoms with E-state index in [4.69, 9.17) is 9.84 Å². The molecule has 0 bridgehead atoms. The second kappa shape index (κ2) is 6.76. The summed E-state index contributed by atoms with van der Waals surface area (Å²) in [6.45, 7) is 6.28. The summed E-state index contributed by atoms with van der Waals surface area (Å²) in [6.07, 6.45) is 1.35. The molecule has 0 fully saturated rings. The molecule has 0 amide bonds. The zero-order valence-corrected chi connectivity index (χ0v) is 13.9. The topological polar surface area (TPSA) is 90.1 Å². The summed E-state index contributed by atoms with van der Waals surface area (Å²) in [5.41, 5.74) is 2.28. The summed E-state index contributed by atoms with van der Waals surface area (Å²) in [5, 5.41) is 20.1. The normalized spacial score (nSPS) is 11.5. The number of benzene rings is 1. The summed E-state index contributed by atoms with van der Waals surface area (Å²) in [6, 6.07) is 5.95. The number of methoxy groups -OCH3 is 1. The molecular weight excluding hydrogens is 296 g/mol. The van der Waals surface area contributed by atoms with Gasteiger partial charge < -0.3 is 9.84 Å². The number of rotatable bonds is 6. The number of ether oxygens (including phenoxy) is 1. The van der Waals surface area contributed by atoms with Crippen LogP contribution in [0.25, 0.3) is 0 Å². The molecule has 7 heteroatoms. The molecule has 0 atom stereocenters. The molecule has 0 saturated heterocycles. The van der Waals surface area contributed by atoms with Crippen molar-refractivity contribution in [2.45, 2.75) is 40.2 Å². The van der Waals surface area contributed by atoms with Gasteiger partial charge in [-0.25, -0.2) is 4.68 Å². The molecule has 124 valence electrons. The lowest BCUT2D eigenvalue weighted by atomic mass is 9.87. The third-order valence-electron chi connectivity index (χ3n) is 3.32. The highest BCUT2D eigenvalue weighted by molar-refractivity contribution is 5.66. The first-order valence-electron chi connectivity index (χ1n) is 7.41. The lowest BCUT2D eigenvalue weighted by Gasteiger charge is -2.20. The van der Waals surface area contributed by atoms with E-state index in [0.717, 1.165) is 23.3 Å². The maximum absolute atomic E-state index is 10.8. The van der Waals surface area contributed by atoms with Gasteiger partial charge in [-0.15, -0.1) is 5.10 Å². The Kier molecular flexibility index (Phi) is 4.98. The van der Waals surface area contributed by atoms with Gasteiger partial charge >= 0.3 is 5.97 Å². The minimum absolute atomic E-state index is 0.136.